The molecule has 5 heteroatoms. The highest BCUT2D eigenvalue weighted by molar-refractivity contribution is 5.41. The van der Waals surface area contributed by atoms with E-state index in [1.807, 2.05) is 24.3 Å². The van der Waals surface area contributed by atoms with Gasteiger partial charge in [-0.15, -0.1) is 0 Å². The molecule has 0 amide bonds. The Morgan fingerprint density at radius 1 is 1.12 bits per heavy atom. The third-order valence-electron chi connectivity index (χ3n) is 2.16. The Morgan fingerprint density at radius 2 is 1.76 bits per heavy atom. The van der Waals surface area contributed by atoms with Gasteiger partial charge in [0.2, 0.25) is 0 Å². The van der Waals surface area contributed by atoms with Crippen LogP contribution in [0.2, 0.25) is 0 Å². The lowest BCUT2D eigenvalue weighted by molar-refractivity contribution is 0.377. The van der Waals surface area contributed by atoms with E-state index in [-0.39, 0.29) is 0 Å². The predicted molar refractivity (Wildman–Crippen MR) is 63.0 cm³/mol. The molecule has 0 aliphatic rings. The van der Waals surface area contributed by atoms with Gasteiger partial charge in [0.1, 0.15) is 5.82 Å². The SMILES string of the molecule is COc1ccccc1Oc1cnc(CN)nc1. The van der Waals surface area contributed by atoms with Gasteiger partial charge in [0.05, 0.1) is 26.0 Å². The zero-order chi connectivity index (χ0) is 12.1. The van der Waals surface area contributed by atoms with Crippen molar-refractivity contribution in [1.29, 1.82) is 0 Å². The third-order valence-corrected chi connectivity index (χ3v) is 2.16. The Labute approximate surface area is 99.2 Å². The Balaban J connectivity index is 2.19. The van der Waals surface area contributed by atoms with Crippen LogP contribution in [0.3, 0.4) is 0 Å². The molecule has 0 spiro atoms. The highest BCUT2D eigenvalue weighted by atomic mass is 16.5. The quantitative estimate of drug-likeness (QED) is 0.867. The Morgan fingerprint density at radius 3 is 2.35 bits per heavy atom. The molecule has 0 unspecified atom stereocenters. The molecule has 2 N–H and O–H groups in total. The number of benzene rings is 1. The number of nitrogens with zero attached hydrogens (tertiary/aromatic N) is 2. The van der Waals surface area contributed by atoms with E-state index in [2.05, 4.69) is 9.97 Å². The van der Waals surface area contributed by atoms with Crippen LogP contribution in [0.25, 0.3) is 0 Å². The molecular formula is C12H13N3O2. The first-order chi connectivity index (χ1) is 8.33. The maximum Gasteiger partial charge on any atom is 0.169 e. The molecule has 0 saturated carbocycles. The van der Waals surface area contributed by atoms with E-state index in [1.165, 1.54) is 0 Å². The van der Waals surface area contributed by atoms with Gasteiger partial charge in [0, 0.05) is 0 Å². The van der Waals surface area contributed by atoms with Gasteiger partial charge in [0.25, 0.3) is 0 Å². The van der Waals surface area contributed by atoms with Crippen LogP contribution in [0.15, 0.2) is 36.7 Å². The molecule has 88 valence electrons. The molecule has 1 heterocycles. The number of para-hydroxylation sites is 2. The summed E-state index contributed by atoms with van der Waals surface area (Å²) in [7, 11) is 1.59. The summed E-state index contributed by atoms with van der Waals surface area (Å²) < 4.78 is 10.8. The first kappa shape index (κ1) is 11.3. The molecule has 1 aromatic carbocycles. The first-order valence-electron chi connectivity index (χ1n) is 5.15. The van der Waals surface area contributed by atoms with Gasteiger partial charge < -0.3 is 15.2 Å². The number of hydrogen-bond acceptors (Lipinski definition) is 5. The second-order valence-corrected chi connectivity index (χ2v) is 3.29. The van der Waals surface area contributed by atoms with Crippen molar-refractivity contribution in [1.82, 2.24) is 9.97 Å². The van der Waals surface area contributed by atoms with E-state index < -0.39 is 0 Å². The maximum atomic E-state index is 5.61. The Bertz CT molecular complexity index is 485. The van der Waals surface area contributed by atoms with E-state index in [4.69, 9.17) is 15.2 Å². The number of methoxy groups -OCH3 is 1. The van der Waals surface area contributed by atoms with Crippen LogP contribution in [0.1, 0.15) is 5.82 Å². The molecule has 0 bridgehead atoms. The van der Waals surface area contributed by atoms with Crippen molar-refractivity contribution in [2.75, 3.05) is 7.11 Å². The molecule has 0 radical (unpaired) electrons. The summed E-state index contributed by atoms with van der Waals surface area (Å²) in [6, 6.07) is 7.38. The van der Waals surface area contributed by atoms with Crippen molar-refractivity contribution in [3.05, 3.63) is 42.5 Å². The minimum Gasteiger partial charge on any atom is -0.493 e. The number of hydrogen-bond donors (Lipinski definition) is 1. The van der Waals surface area contributed by atoms with Crippen molar-refractivity contribution >= 4 is 0 Å². The summed E-state index contributed by atoms with van der Waals surface area (Å²) >= 11 is 0. The minimum atomic E-state index is 0.314. The summed E-state index contributed by atoms with van der Waals surface area (Å²) in [5, 5.41) is 0. The number of aromatic nitrogens is 2. The molecule has 0 fully saturated rings. The average molecular weight is 231 g/mol. The molecule has 0 saturated heterocycles. The Kier molecular flexibility index (Phi) is 3.52. The second-order valence-electron chi connectivity index (χ2n) is 3.29. The van der Waals surface area contributed by atoms with Gasteiger partial charge in [-0.05, 0) is 12.1 Å². The lowest BCUT2D eigenvalue weighted by Crippen LogP contribution is -2.02. The summed E-state index contributed by atoms with van der Waals surface area (Å²) in [5.41, 5.74) is 5.41. The van der Waals surface area contributed by atoms with Crippen LogP contribution in [-0.4, -0.2) is 17.1 Å². The zero-order valence-electron chi connectivity index (χ0n) is 9.46. The maximum absolute atomic E-state index is 5.61. The molecule has 0 atom stereocenters. The molecule has 0 aliphatic heterocycles. The standard InChI is InChI=1S/C12H13N3O2/c1-16-10-4-2-3-5-11(10)17-9-7-14-12(6-13)15-8-9/h2-5,7-8H,6,13H2,1H3. The fraction of sp³-hybridized carbons (Fsp3) is 0.167. The predicted octanol–water partition coefficient (Wildman–Crippen LogP) is 1.74. The second kappa shape index (κ2) is 5.27. The van der Waals surface area contributed by atoms with Crippen LogP contribution in [0.5, 0.6) is 17.2 Å². The minimum absolute atomic E-state index is 0.314. The van der Waals surface area contributed by atoms with Crippen LogP contribution >= 0.6 is 0 Å². The molecule has 1 aromatic heterocycles. The summed E-state index contributed by atoms with van der Waals surface area (Å²) in [6.45, 7) is 0.314. The summed E-state index contributed by atoms with van der Waals surface area (Å²) in [4.78, 5) is 8.09. The Hall–Kier alpha value is -2.14. The number of rotatable bonds is 4. The fourth-order valence-electron chi connectivity index (χ4n) is 1.33. The summed E-state index contributed by atoms with van der Waals surface area (Å²) in [6.07, 6.45) is 3.17. The highest BCUT2D eigenvalue weighted by Crippen LogP contribution is 2.29. The molecule has 5 nitrogen and oxygen atoms in total. The van der Waals surface area contributed by atoms with Crippen LogP contribution < -0.4 is 15.2 Å². The summed E-state index contributed by atoms with van der Waals surface area (Å²) in [5.74, 6) is 2.42. The van der Waals surface area contributed by atoms with Gasteiger partial charge in [-0.2, -0.15) is 0 Å². The van der Waals surface area contributed by atoms with Crippen molar-refractivity contribution < 1.29 is 9.47 Å². The topological polar surface area (TPSA) is 70.3 Å². The van der Waals surface area contributed by atoms with Gasteiger partial charge >= 0.3 is 0 Å². The monoisotopic (exact) mass is 231 g/mol. The van der Waals surface area contributed by atoms with Crippen molar-refractivity contribution in [2.24, 2.45) is 5.73 Å². The van der Waals surface area contributed by atoms with Crippen LogP contribution in [0, 0.1) is 0 Å². The normalized spacial score (nSPS) is 10.0. The smallest absolute Gasteiger partial charge is 0.169 e. The van der Waals surface area contributed by atoms with Crippen LogP contribution in [0.4, 0.5) is 0 Å². The molecular weight excluding hydrogens is 218 g/mol. The van der Waals surface area contributed by atoms with Crippen LogP contribution in [-0.2, 0) is 6.54 Å². The van der Waals surface area contributed by atoms with Gasteiger partial charge in [-0.25, -0.2) is 9.97 Å². The lowest BCUT2D eigenvalue weighted by atomic mass is 10.3. The average Bonchev–Trinajstić information content (AvgIpc) is 2.40. The molecule has 17 heavy (non-hydrogen) atoms. The highest BCUT2D eigenvalue weighted by Gasteiger charge is 2.04. The van der Waals surface area contributed by atoms with E-state index in [9.17, 15) is 0 Å². The van der Waals surface area contributed by atoms with Gasteiger partial charge in [-0.3, -0.25) is 0 Å². The first-order valence-corrected chi connectivity index (χ1v) is 5.15. The van der Waals surface area contributed by atoms with Gasteiger partial charge in [0.15, 0.2) is 17.2 Å². The van der Waals surface area contributed by atoms with E-state index >= 15 is 0 Å². The van der Waals surface area contributed by atoms with E-state index in [0.29, 0.717) is 29.6 Å². The van der Waals surface area contributed by atoms with E-state index in [0.717, 1.165) is 0 Å². The molecule has 2 rings (SSSR count). The molecule has 0 aliphatic carbocycles. The zero-order valence-corrected chi connectivity index (χ0v) is 9.46. The van der Waals surface area contributed by atoms with Crippen molar-refractivity contribution in [3.63, 3.8) is 0 Å². The number of nitrogens with two attached hydrogens (primary N) is 1. The largest absolute Gasteiger partial charge is 0.493 e. The van der Waals surface area contributed by atoms with E-state index in [1.54, 1.807) is 19.5 Å². The molecule has 2 aromatic rings. The lowest BCUT2D eigenvalue weighted by Gasteiger charge is -2.09. The van der Waals surface area contributed by atoms with Crippen molar-refractivity contribution in [2.45, 2.75) is 6.54 Å². The van der Waals surface area contributed by atoms with Gasteiger partial charge in [-0.1, -0.05) is 12.1 Å². The number of ether oxygens (including phenoxy) is 2. The fourth-order valence-corrected chi connectivity index (χ4v) is 1.33. The third kappa shape index (κ3) is 2.70. The van der Waals surface area contributed by atoms with Crippen molar-refractivity contribution in [3.8, 4) is 17.2 Å².